The predicted octanol–water partition coefficient (Wildman–Crippen LogP) is 5.21. The molecule has 0 saturated heterocycles. The van der Waals surface area contributed by atoms with Gasteiger partial charge < -0.3 is 10.0 Å². The van der Waals surface area contributed by atoms with Crippen LogP contribution in [-0.4, -0.2) is 33.6 Å². The van der Waals surface area contributed by atoms with E-state index in [-0.39, 0.29) is 11.2 Å². The quantitative estimate of drug-likeness (QED) is 0.575. The number of aryl methyl sites for hydroxylation is 2. The number of thioether (sulfide) groups is 1. The monoisotopic (exact) mass is 411 g/mol. The van der Waals surface area contributed by atoms with Crippen molar-refractivity contribution in [2.24, 2.45) is 0 Å². The lowest BCUT2D eigenvalue weighted by Crippen LogP contribution is -2.36. The van der Waals surface area contributed by atoms with Gasteiger partial charge in [-0.2, -0.15) is 0 Å². The molecule has 0 aliphatic carbocycles. The van der Waals surface area contributed by atoms with Crippen molar-refractivity contribution >= 4 is 17.7 Å². The van der Waals surface area contributed by atoms with Crippen molar-refractivity contribution < 1.29 is 14.3 Å². The Balaban J connectivity index is 1.58. The van der Waals surface area contributed by atoms with E-state index in [0.29, 0.717) is 5.57 Å². The third kappa shape index (κ3) is 6.23. The van der Waals surface area contributed by atoms with Crippen LogP contribution in [0.5, 0.6) is 0 Å². The van der Waals surface area contributed by atoms with Gasteiger partial charge in [-0.1, -0.05) is 42.0 Å². The molecule has 2 aromatic rings. The van der Waals surface area contributed by atoms with Crippen LogP contribution in [0.4, 0.5) is 4.39 Å². The summed E-state index contributed by atoms with van der Waals surface area (Å²) in [5.74, 6) is -0.259. The highest BCUT2D eigenvalue weighted by molar-refractivity contribution is 8.00. The van der Waals surface area contributed by atoms with E-state index in [9.17, 15) is 14.3 Å². The van der Waals surface area contributed by atoms with E-state index in [2.05, 4.69) is 36.1 Å². The van der Waals surface area contributed by atoms with E-state index in [0.717, 1.165) is 37.1 Å². The fraction of sp³-hybridized carbons (Fsp3) is 0.292. The highest BCUT2D eigenvalue weighted by atomic mass is 32.2. The Morgan fingerprint density at radius 2 is 1.93 bits per heavy atom. The van der Waals surface area contributed by atoms with Gasteiger partial charge in [0.25, 0.3) is 0 Å². The fourth-order valence-corrected chi connectivity index (χ4v) is 4.66. The largest absolute Gasteiger partial charge is 0.478 e. The lowest BCUT2D eigenvalue weighted by molar-refractivity contribution is -0.133. The van der Waals surface area contributed by atoms with Gasteiger partial charge in [-0.3, -0.25) is 0 Å². The second-order valence-electron chi connectivity index (χ2n) is 7.20. The maximum Gasteiger partial charge on any atom is 0.334 e. The summed E-state index contributed by atoms with van der Waals surface area (Å²) in [6, 6.07) is 15.0. The van der Waals surface area contributed by atoms with Gasteiger partial charge in [-0.25, -0.2) is 9.18 Å². The summed E-state index contributed by atoms with van der Waals surface area (Å²) >= 11 is 1.65. The molecule has 29 heavy (non-hydrogen) atoms. The van der Waals surface area contributed by atoms with Crippen LogP contribution < -0.4 is 0 Å². The Morgan fingerprint density at radius 1 is 1.14 bits per heavy atom. The fourth-order valence-electron chi connectivity index (χ4n) is 3.40. The molecule has 0 fully saturated rings. The lowest BCUT2D eigenvalue weighted by Gasteiger charge is -2.33. The minimum absolute atomic E-state index is 0.199. The van der Waals surface area contributed by atoms with E-state index in [1.165, 1.54) is 23.3 Å². The summed E-state index contributed by atoms with van der Waals surface area (Å²) < 4.78 is 13.0. The summed E-state index contributed by atoms with van der Waals surface area (Å²) in [5.41, 5.74) is 4.00. The molecule has 1 atom stereocenters. The Morgan fingerprint density at radius 3 is 2.66 bits per heavy atom. The van der Waals surface area contributed by atoms with E-state index in [1.54, 1.807) is 30.0 Å². The molecule has 0 amide bonds. The van der Waals surface area contributed by atoms with Crippen molar-refractivity contribution in [1.82, 2.24) is 4.90 Å². The van der Waals surface area contributed by atoms with Crippen LogP contribution in [0.15, 0.2) is 72.5 Å². The number of carbonyl (C=O) groups is 1. The maximum absolute atomic E-state index is 13.0. The summed E-state index contributed by atoms with van der Waals surface area (Å²) in [6.45, 7) is 2.84. The predicted molar refractivity (Wildman–Crippen MR) is 117 cm³/mol. The van der Waals surface area contributed by atoms with Gasteiger partial charge in [0.15, 0.2) is 0 Å². The molecule has 1 aliphatic rings. The van der Waals surface area contributed by atoms with Crippen LogP contribution in [0.2, 0.25) is 0 Å². The van der Waals surface area contributed by atoms with Crippen LogP contribution >= 0.6 is 11.8 Å². The molecule has 0 aromatic heterocycles. The van der Waals surface area contributed by atoms with Crippen molar-refractivity contribution in [3.63, 3.8) is 0 Å². The minimum Gasteiger partial charge on any atom is -0.478 e. The van der Waals surface area contributed by atoms with Crippen LogP contribution in [-0.2, 0) is 17.6 Å². The number of nitrogens with zero attached hydrogens (tertiary/aromatic N) is 1. The van der Waals surface area contributed by atoms with Crippen molar-refractivity contribution in [3.05, 3.63) is 95.0 Å². The number of carboxylic acid groups (broad SMARTS) is 1. The molecule has 0 bridgehead atoms. The molecule has 5 heteroatoms. The summed E-state index contributed by atoms with van der Waals surface area (Å²) in [5, 5.41) is 9.43. The number of halogens is 1. The summed E-state index contributed by atoms with van der Waals surface area (Å²) in [6.07, 6.45) is 8.13. The Labute approximate surface area is 175 Å². The molecule has 0 saturated carbocycles. The first-order chi connectivity index (χ1) is 14.0. The number of hydrogen-bond acceptors (Lipinski definition) is 3. The number of rotatable bonds is 9. The molecular weight excluding hydrogens is 385 g/mol. The number of aliphatic carboxylic acids is 1. The highest BCUT2D eigenvalue weighted by Gasteiger charge is 2.27. The zero-order chi connectivity index (χ0) is 20.6. The molecule has 1 aliphatic heterocycles. The average molecular weight is 412 g/mol. The molecule has 152 valence electrons. The Kier molecular flexibility index (Phi) is 7.53. The molecule has 1 heterocycles. The van der Waals surface area contributed by atoms with E-state index in [4.69, 9.17) is 0 Å². The SMILES string of the molecule is Cc1cccc(CCN2C=CC=C(C(=O)O)C2SCCCc2ccc(F)cc2)c1. The topological polar surface area (TPSA) is 40.5 Å². The molecule has 3 nitrogen and oxygen atoms in total. The second kappa shape index (κ2) is 10.3. The summed E-state index contributed by atoms with van der Waals surface area (Å²) in [4.78, 5) is 13.9. The third-order valence-electron chi connectivity index (χ3n) is 4.91. The van der Waals surface area contributed by atoms with Crippen LogP contribution in [0.3, 0.4) is 0 Å². The number of allylic oxidation sites excluding steroid dienone is 2. The Bertz CT molecular complexity index is 892. The van der Waals surface area contributed by atoms with Gasteiger partial charge in [0, 0.05) is 12.7 Å². The number of benzene rings is 2. The smallest absolute Gasteiger partial charge is 0.334 e. The first-order valence-corrected chi connectivity index (χ1v) is 10.9. The molecular formula is C24H26FNO2S. The van der Waals surface area contributed by atoms with Crippen molar-refractivity contribution in [2.45, 2.75) is 31.6 Å². The van der Waals surface area contributed by atoms with Gasteiger partial charge in [0.2, 0.25) is 0 Å². The van der Waals surface area contributed by atoms with Crippen LogP contribution in [0.25, 0.3) is 0 Å². The average Bonchev–Trinajstić information content (AvgIpc) is 2.71. The first kappa shape index (κ1) is 21.2. The van der Waals surface area contributed by atoms with E-state index < -0.39 is 5.97 Å². The zero-order valence-corrected chi connectivity index (χ0v) is 17.4. The molecule has 1 unspecified atom stereocenters. The van der Waals surface area contributed by atoms with Gasteiger partial charge in [-0.05, 0) is 67.4 Å². The van der Waals surface area contributed by atoms with Crippen molar-refractivity contribution in [3.8, 4) is 0 Å². The molecule has 3 rings (SSSR count). The second-order valence-corrected chi connectivity index (χ2v) is 8.39. The third-order valence-corrected chi connectivity index (χ3v) is 6.27. The zero-order valence-electron chi connectivity index (χ0n) is 16.6. The van der Waals surface area contributed by atoms with Crippen LogP contribution in [0, 0.1) is 12.7 Å². The first-order valence-electron chi connectivity index (χ1n) is 9.82. The van der Waals surface area contributed by atoms with Gasteiger partial charge in [0.05, 0.1) is 5.57 Å². The van der Waals surface area contributed by atoms with Gasteiger partial charge in [0.1, 0.15) is 11.2 Å². The highest BCUT2D eigenvalue weighted by Crippen LogP contribution is 2.28. The standard InChI is InChI=1S/C24H26FNO2S/c1-18-5-2-6-20(17-18)13-15-26-14-3-8-22(24(27)28)23(26)29-16-4-7-19-9-11-21(25)12-10-19/h2-3,5-6,8-12,14,17,23H,4,7,13,15-16H2,1H3,(H,27,28). The maximum atomic E-state index is 13.0. The normalized spacial score (nSPS) is 16.0. The molecule has 2 aromatic carbocycles. The molecule has 1 N–H and O–H groups in total. The van der Waals surface area contributed by atoms with Gasteiger partial charge in [-0.15, -0.1) is 11.8 Å². The van der Waals surface area contributed by atoms with Gasteiger partial charge >= 0.3 is 5.97 Å². The molecule has 0 radical (unpaired) electrons. The minimum atomic E-state index is -0.869. The van der Waals surface area contributed by atoms with Crippen molar-refractivity contribution in [2.75, 3.05) is 12.3 Å². The van der Waals surface area contributed by atoms with E-state index >= 15 is 0 Å². The van der Waals surface area contributed by atoms with Crippen molar-refractivity contribution in [1.29, 1.82) is 0 Å². The molecule has 0 spiro atoms. The summed E-state index contributed by atoms with van der Waals surface area (Å²) in [7, 11) is 0. The number of hydrogen-bond donors (Lipinski definition) is 1. The van der Waals surface area contributed by atoms with E-state index in [1.807, 2.05) is 12.3 Å². The Hall–Kier alpha value is -2.53. The lowest BCUT2D eigenvalue weighted by atomic mass is 10.1. The number of carboxylic acids is 1. The van der Waals surface area contributed by atoms with Crippen LogP contribution in [0.1, 0.15) is 23.1 Å².